The van der Waals surface area contributed by atoms with Gasteiger partial charge in [-0.3, -0.25) is 4.40 Å². The Hall–Kier alpha value is -3.71. The SMILES string of the molecule is CN1CCN(c2ccc(-c3cnc4ccc(-c5ccc6c(c5)N=C(N)C6)cn34)cn2)CC1. The average molecular weight is 424 g/mol. The van der Waals surface area contributed by atoms with E-state index in [0.29, 0.717) is 5.84 Å². The Morgan fingerprint density at radius 2 is 1.66 bits per heavy atom. The van der Waals surface area contributed by atoms with Crippen LogP contribution < -0.4 is 10.6 Å². The lowest BCUT2D eigenvalue weighted by atomic mass is 10.0. The molecule has 0 amide bonds. The molecule has 6 rings (SSSR count). The van der Waals surface area contributed by atoms with Gasteiger partial charge in [0, 0.05) is 50.6 Å². The molecule has 0 bridgehead atoms. The predicted octanol–water partition coefficient (Wildman–Crippen LogP) is 3.36. The number of likely N-dealkylation sites (N-methyl/N-ethyl adjacent to an activating group) is 1. The first-order chi connectivity index (χ1) is 15.6. The number of benzene rings is 1. The minimum Gasteiger partial charge on any atom is -0.387 e. The van der Waals surface area contributed by atoms with Crippen LogP contribution in [0.15, 0.2) is 66.0 Å². The minimum atomic E-state index is 0.678. The molecule has 0 spiro atoms. The molecule has 4 aromatic rings. The maximum atomic E-state index is 5.91. The smallest absolute Gasteiger partial charge is 0.137 e. The van der Waals surface area contributed by atoms with Crippen LogP contribution >= 0.6 is 0 Å². The molecule has 2 N–H and O–H groups in total. The Labute approximate surface area is 186 Å². The van der Waals surface area contributed by atoms with Gasteiger partial charge in [-0.25, -0.2) is 15.0 Å². The number of piperazine rings is 1. The summed E-state index contributed by atoms with van der Waals surface area (Å²) >= 11 is 0. The summed E-state index contributed by atoms with van der Waals surface area (Å²) in [6.45, 7) is 4.16. The third kappa shape index (κ3) is 3.31. The molecule has 160 valence electrons. The van der Waals surface area contributed by atoms with Crippen molar-refractivity contribution < 1.29 is 0 Å². The van der Waals surface area contributed by atoms with Gasteiger partial charge in [0.25, 0.3) is 0 Å². The molecule has 2 aliphatic heterocycles. The highest BCUT2D eigenvalue weighted by Crippen LogP contribution is 2.32. The Bertz CT molecular complexity index is 1330. The number of nitrogens with two attached hydrogens (primary N) is 1. The fourth-order valence-electron chi connectivity index (χ4n) is 4.51. The van der Waals surface area contributed by atoms with Gasteiger partial charge >= 0.3 is 0 Å². The van der Waals surface area contributed by atoms with Crippen molar-refractivity contribution in [2.24, 2.45) is 10.7 Å². The molecule has 0 aliphatic carbocycles. The number of rotatable bonds is 3. The highest BCUT2D eigenvalue weighted by atomic mass is 15.3. The Balaban J connectivity index is 1.33. The summed E-state index contributed by atoms with van der Waals surface area (Å²) in [5.41, 5.74) is 13.3. The maximum absolute atomic E-state index is 5.91. The molecule has 1 saturated heterocycles. The summed E-state index contributed by atoms with van der Waals surface area (Å²) in [7, 11) is 2.16. The van der Waals surface area contributed by atoms with Gasteiger partial charge in [-0.2, -0.15) is 0 Å². The van der Waals surface area contributed by atoms with E-state index in [0.717, 1.165) is 72.1 Å². The van der Waals surface area contributed by atoms with E-state index in [9.17, 15) is 0 Å². The first kappa shape index (κ1) is 19.0. The largest absolute Gasteiger partial charge is 0.387 e. The molecule has 2 aliphatic rings. The van der Waals surface area contributed by atoms with Crippen molar-refractivity contribution in [3.8, 4) is 22.4 Å². The molecule has 0 saturated carbocycles. The maximum Gasteiger partial charge on any atom is 0.137 e. The van der Waals surface area contributed by atoms with Gasteiger partial charge in [0.05, 0.1) is 17.6 Å². The van der Waals surface area contributed by atoms with Crippen LogP contribution in [0.2, 0.25) is 0 Å². The van der Waals surface area contributed by atoms with Gasteiger partial charge in [-0.15, -0.1) is 0 Å². The Kier molecular flexibility index (Phi) is 4.43. The number of aliphatic imine (C=N–C) groups is 1. The molecule has 32 heavy (non-hydrogen) atoms. The van der Waals surface area contributed by atoms with E-state index in [1.165, 1.54) is 5.56 Å². The van der Waals surface area contributed by atoms with Gasteiger partial charge in [-0.1, -0.05) is 12.1 Å². The summed E-state index contributed by atoms with van der Waals surface area (Å²) in [5.74, 6) is 1.71. The van der Waals surface area contributed by atoms with Crippen LogP contribution in [0, 0.1) is 0 Å². The molecule has 1 aromatic carbocycles. The van der Waals surface area contributed by atoms with Crippen molar-refractivity contribution >= 4 is 23.0 Å². The summed E-state index contributed by atoms with van der Waals surface area (Å²) in [5, 5.41) is 0. The number of fused-ring (bicyclic) bond motifs is 2. The van der Waals surface area contributed by atoms with E-state index in [4.69, 9.17) is 10.7 Å². The second-order valence-electron chi connectivity index (χ2n) is 8.61. The fourth-order valence-corrected chi connectivity index (χ4v) is 4.51. The summed E-state index contributed by atoms with van der Waals surface area (Å²) < 4.78 is 2.13. The van der Waals surface area contributed by atoms with Gasteiger partial charge < -0.3 is 15.5 Å². The topological polar surface area (TPSA) is 75.0 Å². The monoisotopic (exact) mass is 423 g/mol. The second kappa shape index (κ2) is 7.46. The van der Waals surface area contributed by atoms with Crippen LogP contribution in [0.25, 0.3) is 28.0 Å². The number of hydrogen-bond acceptors (Lipinski definition) is 6. The Morgan fingerprint density at radius 1 is 0.844 bits per heavy atom. The average Bonchev–Trinajstić information content (AvgIpc) is 3.41. The van der Waals surface area contributed by atoms with Gasteiger partial charge in [0.2, 0.25) is 0 Å². The van der Waals surface area contributed by atoms with Gasteiger partial charge in [0.15, 0.2) is 0 Å². The van der Waals surface area contributed by atoms with E-state index in [1.807, 2.05) is 12.4 Å². The van der Waals surface area contributed by atoms with Crippen LogP contribution in [0.3, 0.4) is 0 Å². The second-order valence-corrected chi connectivity index (χ2v) is 8.61. The van der Waals surface area contributed by atoms with E-state index in [1.54, 1.807) is 0 Å². The van der Waals surface area contributed by atoms with Crippen molar-refractivity contribution in [3.05, 3.63) is 66.6 Å². The van der Waals surface area contributed by atoms with Gasteiger partial charge in [0.1, 0.15) is 17.3 Å². The lowest BCUT2D eigenvalue weighted by Crippen LogP contribution is -2.44. The number of hydrogen-bond donors (Lipinski definition) is 1. The van der Waals surface area contributed by atoms with Crippen molar-refractivity contribution in [2.75, 3.05) is 38.1 Å². The predicted molar refractivity (Wildman–Crippen MR) is 129 cm³/mol. The molecule has 0 radical (unpaired) electrons. The molecule has 7 nitrogen and oxygen atoms in total. The summed E-state index contributed by atoms with van der Waals surface area (Å²) in [6, 6.07) is 14.8. The number of imidazole rings is 1. The molecule has 1 fully saturated rings. The molecule has 0 unspecified atom stereocenters. The highest BCUT2D eigenvalue weighted by Gasteiger charge is 2.16. The third-order valence-electron chi connectivity index (χ3n) is 6.43. The fraction of sp³-hybridized carbons (Fsp3) is 0.240. The van der Waals surface area contributed by atoms with Crippen molar-refractivity contribution in [3.63, 3.8) is 0 Å². The van der Waals surface area contributed by atoms with E-state index in [2.05, 4.69) is 79.9 Å². The van der Waals surface area contributed by atoms with E-state index >= 15 is 0 Å². The van der Waals surface area contributed by atoms with Crippen molar-refractivity contribution in [2.45, 2.75) is 6.42 Å². The number of pyridine rings is 2. The quantitative estimate of drug-likeness (QED) is 0.547. The van der Waals surface area contributed by atoms with Crippen LogP contribution in [0.1, 0.15) is 5.56 Å². The van der Waals surface area contributed by atoms with Crippen molar-refractivity contribution in [1.29, 1.82) is 0 Å². The van der Waals surface area contributed by atoms with E-state index in [-0.39, 0.29) is 0 Å². The van der Waals surface area contributed by atoms with Crippen LogP contribution in [0.5, 0.6) is 0 Å². The highest BCUT2D eigenvalue weighted by molar-refractivity contribution is 5.91. The molecule has 3 aromatic heterocycles. The van der Waals surface area contributed by atoms with Crippen molar-refractivity contribution in [1.82, 2.24) is 19.3 Å². The molecule has 5 heterocycles. The summed E-state index contributed by atoms with van der Waals surface area (Å²) in [4.78, 5) is 18.5. The third-order valence-corrected chi connectivity index (χ3v) is 6.43. The number of anilines is 1. The first-order valence-electron chi connectivity index (χ1n) is 11.0. The first-order valence-corrected chi connectivity index (χ1v) is 11.0. The van der Waals surface area contributed by atoms with Gasteiger partial charge in [-0.05, 0) is 54.1 Å². The lowest BCUT2D eigenvalue weighted by Gasteiger charge is -2.33. The zero-order chi connectivity index (χ0) is 21.7. The lowest BCUT2D eigenvalue weighted by molar-refractivity contribution is 0.312. The number of nitrogens with zero attached hydrogens (tertiary/aromatic N) is 6. The molecule has 7 heteroatoms. The minimum absolute atomic E-state index is 0.678. The number of aromatic nitrogens is 3. The molecular weight excluding hydrogens is 398 g/mol. The number of amidine groups is 1. The Morgan fingerprint density at radius 3 is 2.47 bits per heavy atom. The van der Waals surface area contributed by atoms with Crippen LogP contribution in [-0.4, -0.2) is 58.3 Å². The molecule has 0 atom stereocenters. The summed E-state index contributed by atoms with van der Waals surface area (Å²) in [6.07, 6.45) is 6.74. The van der Waals surface area contributed by atoms with Crippen LogP contribution in [-0.2, 0) is 6.42 Å². The van der Waals surface area contributed by atoms with Crippen LogP contribution in [0.4, 0.5) is 11.5 Å². The molecular formula is C25H25N7. The normalized spacial score (nSPS) is 16.4. The zero-order valence-corrected chi connectivity index (χ0v) is 18.1. The standard InChI is InChI=1S/C25H25N7/c1-30-8-10-31(11-9-30)24-6-4-19(14-27-24)22-15-28-25-7-5-20(16-32(22)25)17-2-3-18-13-23(26)29-21(18)12-17/h2-7,12,14-16H,8-11,13H2,1H3,(H2,26,29). The van der Waals surface area contributed by atoms with E-state index < -0.39 is 0 Å². The zero-order valence-electron chi connectivity index (χ0n) is 18.1.